The van der Waals surface area contributed by atoms with Crippen LogP contribution in [0.5, 0.6) is 0 Å². The highest BCUT2D eigenvalue weighted by Crippen LogP contribution is 2.22. The van der Waals surface area contributed by atoms with Crippen LogP contribution in [0.3, 0.4) is 0 Å². The fourth-order valence-electron chi connectivity index (χ4n) is 3.37. The quantitative estimate of drug-likeness (QED) is 0.314. The van der Waals surface area contributed by atoms with Crippen molar-refractivity contribution in [3.8, 4) is 11.5 Å². The summed E-state index contributed by atoms with van der Waals surface area (Å²) in [6, 6.07) is 7.86. The van der Waals surface area contributed by atoms with Crippen LogP contribution in [0.4, 0.5) is 5.82 Å². The lowest BCUT2D eigenvalue weighted by atomic mass is 10.3. The summed E-state index contributed by atoms with van der Waals surface area (Å²) < 4.78 is 16.4. The third kappa shape index (κ3) is 5.29. The number of pyridine rings is 1. The molecule has 30 heavy (non-hydrogen) atoms. The highest BCUT2D eigenvalue weighted by Gasteiger charge is 2.16. The maximum atomic E-state index is 5.81. The van der Waals surface area contributed by atoms with Gasteiger partial charge in [-0.3, -0.25) is 4.98 Å². The molecule has 0 aromatic carbocycles. The summed E-state index contributed by atoms with van der Waals surface area (Å²) in [4.78, 5) is 13.6. The van der Waals surface area contributed by atoms with Crippen molar-refractivity contribution in [1.29, 1.82) is 0 Å². The van der Waals surface area contributed by atoms with Crippen LogP contribution in [0.15, 0.2) is 34.9 Å². The van der Waals surface area contributed by atoms with Gasteiger partial charge in [-0.1, -0.05) is 12.8 Å². The van der Waals surface area contributed by atoms with Crippen LogP contribution in [0.2, 0.25) is 0 Å². The molecule has 8 nitrogen and oxygen atoms in total. The van der Waals surface area contributed by atoms with E-state index in [4.69, 9.17) is 26.1 Å². The molecule has 0 saturated heterocycles. The van der Waals surface area contributed by atoms with Crippen LogP contribution < -0.4 is 10.6 Å². The number of furan rings is 1. The van der Waals surface area contributed by atoms with E-state index < -0.39 is 0 Å². The molecule has 1 fully saturated rings. The summed E-state index contributed by atoms with van der Waals surface area (Å²) >= 11 is 5.42. The molecular formula is C21H25N5O3S. The minimum absolute atomic E-state index is 0.236. The summed E-state index contributed by atoms with van der Waals surface area (Å²) in [6.07, 6.45) is 6.49. The van der Waals surface area contributed by atoms with E-state index in [1.165, 1.54) is 12.8 Å². The van der Waals surface area contributed by atoms with Gasteiger partial charge in [-0.15, -0.1) is 0 Å². The zero-order valence-corrected chi connectivity index (χ0v) is 17.7. The summed E-state index contributed by atoms with van der Waals surface area (Å²) in [5.74, 6) is 1.94. The number of thiocarbonyl (C=S) groups is 1. The van der Waals surface area contributed by atoms with Gasteiger partial charge in [0.2, 0.25) is 0 Å². The molecule has 3 aromatic rings. The maximum Gasteiger partial charge on any atom is 0.180 e. The van der Waals surface area contributed by atoms with E-state index in [0.717, 1.165) is 12.8 Å². The summed E-state index contributed by atoms with van der Waals surface area (Å²) in [7, 11) is 0. The van der Waals surface area contributed by atoms with Crippen molar-refractivity contribution in [2.75, 3.05) is 18.7 Å². The summed E-state index contributed by atoms with van der Waals surface area (Å²) in [5, 5.41) is 7.08. The third-order valence-corrected chi connectivity index (χ3v) is 5.09. The molecule has 3 heterocycles. The molecular weight excluding hydrogens is 402 g/mol. The second-order valence-electron chi connectivity index (χ2n) is 7.10. The molecule has 2 N–H and O–H groups in total. The second kappa shape index (κ2) is 9.92. The highest BCUT2D eigenvalue weighted by atomic mass is 32.1. The minimum Gasteiger partial charge on any atom is -0.457 e. The van der Waals surface area contributed by atoms with Gasteiger partial charge in [0.05, 0.1) is 6.20 Å². The maximum absolute atomic E-state index is 5.81. The Labute approximate surface area is 180 Å². The van der Waals surface area contributed by atoms with Crippen LogP contribution in [-0.2, 0) is 16.1 Å². The Hall–Kier alpha value is -2.62. The largest absolute Gasteiger partial charge is 0.457 e. The van der Waals surface area contributed by atoms with Gasteiger partial charge in [-0.05, 0) is 56.2 Å². The number of hydrogen-bond donors (Lipinski definition) is 2. The average Bonchev–Trinajstić information content (AvgIpc) is 3.43. The molecule has 4 rings (SSSR count). The first-order chi connectivity index (χ1) is 14.7. The van der Waals surface area contributed by atoms with Gasteiger partial charge in [-0.25, -0.2) is 9.97 Å². The van der Waals surface area contributed by atoms with Crippen molar-refractivity contribution >= 4 is 34.3 Å². The van der Waals surface area contributed by atoms with Gasteiger partial charge in [0.25, 0.3) is 0 Å². The number of rotatable bonds is 8. The van der Waals surface area contributed by atoms with E-state index in [2.05, 4.69) is 25.6 Å². The van der Waals surface area contributed by atoms with Crippen molar-refractivity contribution in [2.24, 2.45) is 0 Å². The molecule has 3 aromatic heterocycles. The van der Waals surface area contributed by atoms with E-state index in [1.54, 1.807) is 6.20 Å². The van der Waals surface area contributed by atoms with E-state index in [1.807, 2.05) is 31.2 Å². The Balaban J connectivity index is 1.44. The average molecular weight is 428 g/mol. The van der Waals surface area contributed by atoms with Gasteiger partial charge in [-0.2, -0.15) is 0 Å². The lowest BCUT2D eigenvalue weighted by Crippen LogP contribution is -2.36. The zero-order valence-electron chi connectivity index (χ0n) is 16.9. The smallest absolute Gasteiger partial charge is 0.180 e. The van der Waals surface area contributed by atoms with Gasteiger partial charge < -0.3 is 24.5 Å². The number of hydrogen-bond acceptors (Lipinski definition) is 7. The normalized spacial score (nSPS) is 14.3. The van der Waals surface area contributed by atoms with Crippen molar-refractivity contribution in [3.05, 3.63) is 36.2 Å². The van der Waals surface area contributed by atoms with Gasteiger partial charge in [0.15, 0.2) is 16.5 Å². The standard InChI is InChI=1S/C21H25N5O3S/c1-2-27-13-28-12-15-7-9-18(29-15)17-11-22-16-8-10-19(25-20(16)24-17)26-21(30)23-14-5-3-4-6-14/h7-11,14H,2-6,12-13H2,1H3,(H2,23,24,25,26,30). The van der Waals surface area contributed by atoms with Crippen molar-refractivity contribution in [3.63, 3.8) is 0 Å². The van der Waals surface area contributed by atoms with Crippen LogP contribution in [0.1, 0.15) is 38.4 Å². The summed E-state index contributed by atoms with van der Waals surface area (Å²) in [5.41, 5.74) is 1.83. The Morgan fingerprint density at radius 3 is 2.87 bits per heavy atom. The van der Waals surface area contributed by atoms with Gasteiger partial charge in [0.1, 0.15) is 36.2 Å². The van der Waals surface area contributed by atoms with Crippen LogP contribution in [-0.4, -0.2) is 39.5 Å². The molecule has 9 heteroatoms. The highest BCUT2D eigenvalue weighted by molar-refractivity contribution is 7.80. The Morgan fingerprint density at radius 1 is 1.17 bits per heavy atom. The molecule has 0 atom stereocenters. The number of ether oxygens (including phenoxy) is 2. The predicted molar refractivity (Wildman–Crippen MR) is 118 cm³/mol. The number of aromatic nitrogens is 3. The third-order valence-electron chi connectivity index (χ3n) is 4.87. The lowest BCUT2D eigenvalue weighted by molar-refractivity contribution is -0.0613. The lowest BCUT2D eigenvalue weighted by Gasteiger charge is -2.15. The molecule has 0 aliphatic heterocycles. The fourth-order valence-corrected chi connectivity index (χ4v) is 3.64. The molecule has 1 aliphatic rings. The predicted octanol–water partition coefficient (Wildman–Crippen LogP) is 4.02. The van der Waals surface area contributed by atoms with Crippen molar-refractivity contribution in [1.82, 2.24) is 20.3 Å². The van der Waals surface area contributed by atoms with Crippen molar-refractivity contribution < 1.29 is 13.9 Å². The van der Waals surface area contributed by atoms with Crippen LogP contribution in [0.25, 0.3) is 22.6 Å². The van der Waals surface area contributed by atoms with Gasteiger partial charge in [0, 0.05) is 12.6 Å². The molecule has 158 valence electrons. The van der Waals surface area contributed by atoms with Crippen LogP contribution in [0, 0.1) is 0 Å². The minimum atomic E-state index is 0.236. The Morgan fingerprint density at radius 2 is 2.03 bits per heavy atom. The zero-order chi connectivity index (χ0) is 20.8. The van der Waals surface area contributed by atoms with Crippen molar-refractivity contribution in [2.45, 2.75) is 45.3 Å². The Kier molecular flexibility index (Phi) is 6.83. The number of nitrogens with zero attached hydrogens (tertiary/aromatic N) is 3. The van der Waals surface area contributed by atoms with E-state index in [9.17, 15) is 0 Å². The number of anilines is 1. The first-order valence-electron chi connectivity index (χ1n) is 10.2. The van der Waals surface area contributed by atoms with E-state index >= 15 is 0 Å². The van der Waals surface area contributed by atoms with Gasteiger partial charge >= 0.3 is 0 Å². The SMILES string of the molecule is CCOCOCc1ccc(-c2cnc3ccc(NC(=S)NC4CCCC4)nc3n2)o1. The second-order valence-corrected chi connectivity index (χ2v) is 7.51. The topological polar surface area (TPSA) is 94.3 Å². The molecule has 1 aliphatic carbocycles. The number of fused-ring (bicyclic) bond motifs is 1. The van der Waals surface area contributed by atoms with E-state index in [0.29, 0.717) is 58.6 Å². The summed E-state index contributed by atoms with van der Waals surface area (Å²) in [6.45, 7) is 3.10. The van der Waals surface area contributed by atoms with E-state index in [-0.39, 0.29) is 6.79 Å². The molecule has 0 amide bonds. The fraction of sp³-hybridized carbons (Fsp3) is 0.429. The first-order valence-corrected chi connectivity index (χ1v) is 10.6. The molecule has 0 spiro atoms. The molecule has 0 unspecified atom stereocenters. The molecule has 0 radical (unpaired) electrons. The van der Waals surface area contributed by atoms with Crippen LogP contribution >= 0.6 is 12.2 Å². The first kappa shape index (κ1) is 20.6. The monoisotopic (exact) mass is 427 g/mol. The molecule has 0 bridgehead atoms. The Bertz CT molecular complexity index is 1000. The number of nitrogens with one attached hydrogen (secondary N) is 2. The molecule has 1 saturated carbocycles.